The lowest BCUT2D eigenvalue weighted by molar-refractivity contribution is -0.112. The Bertz CT molecular complexity index is 873. The van der Waals surface area contributed by atoms with Gasteiger partial charge in [0.15, 0.2) is 0 Å². The maximum Gasteiger partial charge on any atom is 0.267 e. The van der Waals surface area contributed by atoms with Crippen molar-refractivity contribution >= 4 is 34.7 Å². The van der Waals surface area contributed by atoms with Crippen molar-refractivity contribution in [3.8, 4) is 5.75 Å². The van der Waals surface area contributed by atoms with Gasteiger partial charge in [-0.2, -0.15) is 0 Å². The van der Waals surface area contributed by atoms with Crippen molar-refractivity contribution in [3.63, 3.8) is 0 Å². The number of anilines is 1. The highest BCUT2D eigenvalue weighted by Gasteiger charge is 2.36. The Morgan fingerprint density at radius 2 is 1.68 bits per heavy atom. The minimum atomic E-state index is -0.392. The van der Waals surface area contributed by atoms with Gasteiger partial charge in [0.1, 0.15) is 5.75 Å². The number of carbonyl (C=O) groups is 2. The van der Waals surface area contributed by atoms with E-state index in [2.05, 4.69) is 0 Å². The van der Waals surface area contributed by atoms with Gasteiger partial charge in [0.2, 0.25) is 0 Å². The lowest BCUT2D eigenvalue weighted by atomic mass is 9.93. The summed E-state index contributed by atoms with van der Waals surface area (Å²) in [6.45, 7) is 0. The zero-order valence-electron chi connectivity index (χ0n) is 14.1. The average molecular weight is 357 g/mol. The highest BCUT2D eigenvalue weighted by molar-refractivity contribution is 6.41. The molecule has 2 aromatic rings. The van der Waals surface area contributed by atoms with E-state index in [0.29, 0.717) is 33.2 Å². The van der Waals surface area contributed by atoms with E-state index < -0.39 is 5.91 Å². The Balaban J connectivity index is 2.20. The van der Waals surface area contributed by atoms with Crippen LogP contribution in [0.5, 0.6) is 5.75 Å². The molecule has 0 aliphatic carbocycles. The Kier molecular flexibility index (Phi) is 4.51. The van der Waals surface area contributed by atoms with E-state index in [1.54, 1.807) is 53.6 Å². The van der Waals surface area contributed by atoms with E-state index in [1.165, 1.54) is 7.11 Å². The average Bonchev–Trinajstić information content (AvgIpc) is 2.59. The van der Waals surface area contributed by atoms with E-state index >= 15 is 0 Å². The first-order valence-corrected chi connectivity index (χ1v) is 8.01. The fourth-order valence-corrected chi connectivity index (χ4v) is 2.84. The molecule has 0 radical (unpaired) electrons. The summed E-state index contributed by atoms with van der Waals surface area (Å²) < 4.78 is 5.23. The van der Waals surface area contributed by atoms with Crippen molar-refractivity contribution in [2.24, 2.45) is 0 Å². The molecule has 1 aliphatic rings. The molecule has 5 nitrogen and oxygen atoms in total. The predicted octanol–water partition coefficient (Wildman–Crippen LogP) is 3.44. The monoisotopic (exact) mass is 356 g/mol. The zero-order valence-corrected chi connectivity index (χ0v) is 14.9. The third kappa shape index (κ3) is 3.10. The predicted molar refractivity (Wildman–Crippen MR) is 97.9 cm³/mol. The largest absolute Gasteiger partial charge is 0.497 e. The number of hydrogen-bond acceptors (Lipinski definition) is 4. The number of methoxy groups -OCH3 is 1. The molecule has 0 unspecified atom stereocenters. The Morgan fingerprint density at radius 1 is 1.00 bits per heavy atom. The smallest absolute Gasteiger partial charge is 0.267 e. The first-order chi connectivity index (χ1) is 11.9. The molecular weight excluding hydrogens is 340 g/mol. The number of amides is 2. The van der Waals surface area contributed by atoms with Gasteiger partial charge in [0, 0.05) is 30.9 Å². The van der Waals surface area contributed by atoms with Crippen LogP contribution in [0.25, 0.3) is 5.57 Å². The standard InChI is InChI=1S/C19H17ClN2O3/c1-21(2)11-17-15-9-8-14(25-3)10-16(15)18(23)22(19(17)24)13-6-4-12(20)5-7-13/h4-11H,1-3H3. The lowest BCUT2D eigenvalue weighted by Gasteiger charge is -2.29. The first kappa shape index (κ1) is 17.0. The van der Waals surface area contributed by atoms with Crippen LogP contribution < -0.4 is 9.64 Å². The van der Waals surface area contributed by atoms with Crippen LogP contribution in [-0.2, 0) is 4.79 Å². The molecule has 3 rings (SSSR count). The Hall–Kier alpha value is -2.79. The van der Waals surface area contributed by atoms with Crippen molar-refractivity contribution in [2.45, 2.75) is 0 Å². The van der Waals surface area contributed by atoms with E-state index in [0.717, 1.165) is 4.90 Å². The first-order valence-electron chi connectivity index (χ1n) is 7.63. The molecule has 0 saturated carbocycles. The molecule has 0 atom stereocenters. The van der Waals surface area contributed by atoms with Crippen LogP contribution in [0, 0.1) is 0 Å². The molecule has 0 saturated heterocycles. The number of fused-ring (bicyclic) bond motifs is 1. The number of rotatable bonds is 3. The number of halogens is 1. The molecule has 128 valence electrons. The molecule has 2 aromatic carbocycles. The van der Waals surface area contributed by atoms with Crippen LogP contribution in [0.1, 0.15) is 15.9 Å². The van der Waals surface area contributed by atoms with Gasteiger partial charge in [-0.15, -0.1) is 0 Å². The van der Waals surface area contributed by atoms with Crippen LogP contribution in [-0.4, -0.2) is 37.9 Å². The molecular formula is C19H17ClN2O3. The quantitative estimate of drug-likeness (QED) is 0.624. The molecule has 1 heterocycles. The Labute approximate surface area is 151 Å². The molecule has 25 heavy (non-hydrogen) atoms. The van der Waals surface area contributed by atoms with Crippen LogP contribution in [0.15, 0.2) is 48.7 Å². The summed E-state index contributed by atoms with van der Waals surface area (Å²) in [4.78, 5) is 28.9. The molecule has 1 aliphatic heterocycles. The zero-order chi connectivity index (χ0) is 18.1. The van der Waals surface area contributed by atoms with Gasteiger partial charge in [0.25, 0.3) is 11.8 Å². The van der Waals surface area contributed by atoms with Crippen LogP contribution in [0.2, 0.25) is 5.02 Å². The third-order valence-corrected chi connectivity index (χ3v) is 4.11. The van der Waals surface area contributed by atoms with Gasteiger partial charge in [-0.25, -0.2) is 4.90 Å². The van der Waals surface area contributed by atoms with E-state index in [1.807, 2.05) is 14.1 Å². The third-order valence-electron chi connectivity index (χ3n) is 3.86. The van der Waals surface area contributed by atoms with Gasteiger partial charge in [0.05, 0.1) is 23.9 Å². The second-order valence-electron chi connectivity index (χ2n) is 5.84. The van der Waals surface area contributed by atoms with Crippen LogP contribution >= 0.6 is 11.6 Å². The topological polar surface area (TPSA) is 49.9 Å². The number of hydrogen-bond donors (Lipinski definition) is 0. The highest BCUT2D eigenvalue weighted by Crippen LogP contribution is 2.34. The molecule has 0 N–H and O–H groups in total. The molecule has 0 spiro atoms. The molecule has 0 aromatic heterocycles. The molecule has 0 fully saturated rings. The maximum atomic E-state index is 13.0. The van der Waals surface area contributed by atoms with Crippen LogP contribution in [0.3, 0.4) is 0 Å². The van der Waals surface area contributed by atoms with Crippen molar-refractivity contribution in [3.05, 3.63) is 64.8 Å². The number of carbonyl (C=O) groups excluding carboxylic acids is 2. The summed E-state index contributed by atoms with van der Waals surface area (Å²) in [6, 6.07) is 11.7. The van der Waals surface area contributed by atoms with E-state index in [4.69, 9.17) is 16.3 Å². The van der Waals surface area contributed by atoms with Gasteiger partial charge in [-0.1, -0.05) is 11.6 Å². The fourth-order valence-electron chi connectivity index (χ4n) is 2.72. The summed E-state index contributed by atoms with van der Waals surface area (Å²) in [5.41, 5.74) is 1.92. The minimum Gasteiger partial charge on any atom is -0.497 e. The van der Waals surface area contributed by atoms with Crippen LogP contribution in [0.4, 0.5) is 5.69 Å². The summed E-state index contributed by atoms with van der Waals surface area (Å²) in [5, 5.41) is 0.534. The lowest BCUT2D eigenvalue weighted by Crippen LogP contribution is -2.42. The van der Waals surface area contributed by atoms with Crippen molar-refractivity contribution in [1.29, 1.82) is 0 Å². The van der Waals surface area contributed by atoms with Gasteiger partial charge >= 0.3 is 0 Å². The maximum absolute atomic E-state index is 13.0. The normalized spacial score (nSPS) is 15.4. The van der Waals surface area contributed by atoms with Gasteiger partial charge < -0.3 is 9.64 Å². The second-order valence-corrected chi connectivity index (χ2v) is 6.28. The van der Waals surface area contributed by atoms with Crippen molar-refractivity contribution < 1.29 is 14.3 Å². The van der Waals surface area contributed by atoms with Gasteiger partial charge in [-0.3, -0.25) is 9.59 Å². The summed E-state index contributed by atoms with van der Waals surface area (Å²) in [5.74, 6) is -0.211. The number of imide groups is 1. The summed E-state index contributed by atoms with van der Waals surface area (Å²) >= 11 is 5.92. The van der Waals surface area contributed by atoms with Crippen molar-refractivity contribution in [2.75, 3.05) is 26.1 Å². The second kappa shape index (κ2) is 6.61. The SMILES string of the molecule is COc1ccc2c(c1)C(=O)N(c1ccc(Cl)cc1)C(=O)C2=CN(C)C. The summed E-state index contributed by atoms with van der Waals surface area (Å²) in [7, 11) is 5.19. The fraction of sp³-hybridized carbons (Fsp3) is 0.158. The number of nitrogens with zero attached hydrogens (tertiary/aromatic N) is 2. The molecule has 0 bridgehead atoms. The molecule has 6 heteroatoms. The summed E-state index contributed by atoms with van der Waals surface area (Å²) in [6.07, 6.45) is 1.71. The Morgan fingerprint density at radius 3 is 2.28 bits per heavy atom. The minimum absolute atomic E-state index is 0.376. The highest BCUT2D eigenvalue weighted by atomic mass is 35.5. The van der Waals surface area contributed by atoms with Crippen molar-refractivity contribution in [1.82, 2.24) is 4.90 Å². The molecule has 2 amide bonds. The number of benzene rings is 2. The van der Waals surface area contributed by atoms with E-state index in [-0.39, 0.29) is 5.91 Å². The van der Waals surface area contributed by atoms with E-state index in [9.17, 15) is 9.59 Å². The van der Waals surface area contributed by atoms with Gasteiger partial charge in [-0.05, 0) is 42.5 Å². The number of ether oxygens (including phenoxy) is 1.